The number of aryl methyl sites for hydroxylation is 2. The minimum absolute atomic E-state index is 0.724. The topological polar surface area (TPSA) is 38.1 Å². The minimum atomic E-state index is 0.724. The molecule has 0 amide bonds. The monoisotopic (exact) mass is 240 g/mol. The molecule has 1 aromatic heterocycles. The smallest absolute Gasteiger partial charge is 0.137 e. The summed E-state index contributed by atoms with van der Waals surface area (Å²) in [4.78, 5) is 0. The van der Waals surface area contributed by atoms with E-state index in [0.29, 0.717) is 0 Å². The van der Waals surface area contributed by atoms with Crippen molar-refractivity contribution in [2.45, 2.75) is 39.2 Å². The van der Waals surface area contributed by atoms with E-state index in [4.69, 9.17) is 4.52 Å². The lowest BCUT2D eigenvalue weighted by atomic mass is 10.1. The summed E-state index contributed by atoms with van der Waals surface area (Å²) in [6.07, 6.45) is 3.66. The van der Waals surface area contributed by atoms with E-state index in [1.165, 1.54) is 29.9 Å². The Kier molecular flexibility index (Phi) is 4.29. The average molecular weight is 240 g/mol. The van der Waals surface area contributed by atoms with Gasteiger partial charge in [0.05, 0.1) is 5.69 Å². The van der Waals surface area contributed by atoms with E-state index in [9.17, 15) is 0 Å². The Balaban J connectivity index is 1.75. The fourth-order valence-corrected chi connectivity index (χ4v) is 3.27. The van der Waals surface area contributed by atoms with Crippen LogP contribution in [0.3, 0.4) is 0 Å². The zero-order chi connectivity index (χ0) is 11.4. The summed E-state index contributed by atoms with van der Waals surface area (Å²) in [6, 6.07) is 0.724. The molecule has 0 aromatic carbocycles. The summed E-state index contributed by atoms with van der Waals surface area (Å²) < 4.78 is 5.16. The molecule has 90 valence electrons. The molecule has 0 spiro atoms. The van der Waals surface area contributed by atoms with Gasteiger partial charge in [-0.05, 0) is 51.2 Å². The van der Waals surface area contributed by atoms with Crippen molar-refractivity contribution in [3.63, 3.8) is 0 Å². The first-order valence-electron chi connectivity index (χ1n) is 6.00. The Bertz CT molecular complexity index is 312. The first kappa shape index (κ1) is 12.0. The second-order valence-corrected chi connectivity index (χ2v) is 5.62. The molecule has 3 nitrogen and oxygen atoms in total. The molecule has 1 aromatic rings. The van der Waals surface area contributed by atoms with Crippen LogP contribution in [-0.4, -0.2) is 29.2 Å². The van der Waals surface area contributed by atoms with Crippen LogP contribution in [0.5, 0.6) is 0 Å². The van der Waals surface area contributed by atoms with E-state index in [1.54, 1.807) is 0 Å². The van der Waals surface area contributed by atoms with Crippen LogP contribution in [0.1, 0.15) is 29.9 Å². The van der Waals surface area contributed by atoms with Gasteiger partial charge in [0.2, 0.25) is 0 Å². The van der Waals surface area contributed by atoms with Gasteiger partial charge in [-0.15, -0.1) is 0 Å². The highest BCUT2D eigenvalue weighted by Gasteiger charge is 2.13. The SMILES string of the molecule is Cc1noc(C)c1CCNC1CCSCC1. The van der Waals surface area contributed by atoms with E-state index in [2.05, 4.69) is 22.2 Å². The molecular formula is C12H20N2OS. The molecule has 0 atom stereocenters. The average Bonchev–Trinajstić information content (AvgIpc) is 2.62. The summed E-state index contributed by atoms with van der Waals surface area (Å²) in [5, 5.41) is 7.61. The third kappa shape index (κ3) is 3.01. The molecule has 2 rings (SSSR count). The normalized spacial score (nSPS) is 17.9. The highest BCUT2D eigenvalue weighted by molar-refractivity contribution is 7.99. The Hall–Kier alpha value is -0.480. The van der Waals surface area contributed by atoms with E-state index in [0.717, 1.165) is 30.5 Å². The number of thioether (sulfide) groups is 1. The van der Waals surface area contributed by atoms with Crippen LogP contribution >= 0.6 is 11.8 Å². The lowest BCUT2D eigenvalue weighted by molar-refractivity contribution is 0.392. The predicted molar refractivity (Wildman–Crippen MR) is 68.0 cm³/mol. The van der Waals surface area contributed by atoms with Crippen molar-refractivity contribution in [2.75, 3.05) is 18.1 Å². The van der Waals surface area contributed by atoms with Gasteiger partial charge in [-0.1, -0.05) is 5.16 Å². The van der Waals surface area contributed by atoms with Crippen LogP contribution in [0.15, 0.2) is 4.52 Å². The van der Waals surface area contributed by atoms with Crippen molar-refractivity contribution in [1.29, 1.82) is 0 Å². The lowest BCUT2D eigenvalue weighted by Crippen LogP contribution is -2.34. The molecule has 1 saturated heterocycles. The third-order valence-electron chi connectivity index (χ3n) is 3.21. The lowest BCUT2D eigenvalue weighted by Gasteiger charge is -2.22. The van der Waals surface area contributed by atoms with E-state index in [-0.39, 0.29) is 0 Å². The molecule has 0 aliphatic carbocycles. The van der Waals surface area contributed by atoms with Gasteiger partial charge < -0.3 is 9.84 Å². The van der Waals surface area contributed by atoms with Crippen molar-refractivity contribution >= 4 is 11.8 Å². The van der Waals surface area contributed by atoms with Crippen LogP contribution in [0.2, 0.25) is 0 Å². The summed E-state index contributed by atoms with van der Waals surface area (Å²) in [6.45, 7) is 5.05. The van der Waals surface area contributed by atoms with Gasteiger partial charge in [-0.2, -0.15) is 11.8 Å². The third-order valence-corrected chi connectivity index (χ3v) is 4.26. The number of nitrogens with one attached hydrogen (secondary N) is 1. The molecule has 0 saturated carbocycles. The summed E-state index contributed by atoms with van der Waals surface area (Å²) in [5.41, 5.74) is 2.32. The molecular weight excluding hydrogens is 220 g/mol. The van der Waals surface area contributed by atoms with Crippen molar-refractivity contribution in [1.82, 2.24) is 10.5 Å². The van der Waals surface area contributed by atoms with Crippen molar-refractivity contribution in [3.05, 3.63) is 17.0 Å². The summed E-state index contributed by atoms with van der Waals surface area (Å²) in [5.74, 6) is 3.59. The predicted octanol–water partition coefficient (Wildman–Crippen LogP) is 2.32. The maximum atomic E-state index is 5.16. The van der Waals surface area contributed by atoms with Gasteiger partial charge in [0.15, 0.2) is 0 Å². The first-order chi connectivity index (χ1) is 7.77. The van der Waals surface area contributed by atoms with Crippen LogP contribution in [-0.2, 0) is 6.42 Å². The second kappa shape index (κ2) is 5.73. The molecule has 4 heteroatoms. The summed E-state index contributed by atoms with van der Waals surface area (Å²) in [7, 11) is 0. The van der Waals surface area contributed by atoms with Gasteiger partial charge in [0.25, 0.3) is 0 Å². The Labute approximate surface area is 101 Å². The molecule has 0 bridgehead atoms. The molecule has 1 fully saturated rings. The first-order valence-corrected chi connectivity index (χ1v) is 7.15. The number of nitrogens with zero attached hydrogens (tertiary/aromatic N) is 1. The Morgan fingerprint density at radius 2 is 2.12 bits per heavy atom. The van der Waals surface area contributed by atoms with Gasteiger partial charge >= 0.3 is 0 Å². The highest BCUT2D eigenvalue weighted by Crippen LogP contribution is 2.17. The quantitative estimate of drug-likeness (QED) is 0.876. The standard InChI is InChI=1S/C12H20N2OS/c1-9-12(10(2)15-14-9)3-6-13-11-4-7-16-8-5-11/h11,13H,3-8H2,1-2H3. The zero-order valence-corrected chi connectivity index (χ0v) is 10.9. The zero-order valence-electron chi connectivity index (χ0n) is 10.1. The van der Waals surface area contributed by atoms with Crippen molar-refractivity contribution in [2.24, 2.45) is 0 Å². The molecule has 16 heavy (non-hydrogen) atoms. The van der Waals surface area contributed by atoms with Gasteiger partial charge in [-0.25, -0.2) is 0 Å². The maximum Gasteiger partial charge on any atom is 0.137 e. The number of aromatic nitrogens is 1. The van der Waals surface area contributed by atoms with E-state index < -0.39 is 0 Å². The van der Waals surface area contributed by atoms with Crippen LogP contribution in [0.25, 0.3) is 0 Å². The Morgan fingerprint density at radius 1 is 1.38 bits per heavy atom. The van der Waals surface area contributed by atoms with Gasteiger partial charge in [0, 0.05) is 11.6 Å². The maximum absolute atomic E-state index is 5.16. The molecule has 0 radical (unpaired) electrons. The fraction of sp³-hybridized carbons (Fsp3) is 0.750. The van der Waals surface area contributed by atoms with Gasteiger partial charge in [0.1, 0.15) is 5.76 Å². The molecule has 0 unspecified atom stereocenters. The van der Waals surface area contributed by atoms with Crippen molar-refractivity contribution < 1.29 is 4.52 Å². The number of hydrogen-bond acceptors (Lipinski definition) is 4. The molecule has 1 N–H and O–H groups in total. The highest BCUT2D eigenvalue weighted by atomic mass is 32.2. The van der Waals surface area contributed by atoms with Gasteiger partial charge in [-0.3, -0.25) is 0 Å². The molecule has 1 aliphatic rings. The van der Waals surface area contributed by atoms with Crippen LogP contribution < -0.4 is 5.32 Å². The summed E-state index contributed by atoms with van der Waals surface area (Å²) >= 11 is 2.07. The Morgan fingerprint density at radius 3 is 2.75 bits per heavy atom. The minimum Gasteiger partial charge on any atom is -0.361 e. The van der Waals surface area contributed by atoms with E-state index >= 15 is 0 Å². The van der Waals surface area contributed by atoms with Crippen LogP contribution in [0.4, 0.5) is 0 Å². The van der Waals surface area contributed by atoms with Crippen LogP contribution in [0, 0.1) is 13.8 Å². The number of rotatable bonds is 4. The number of hydrogen-bond donors (Lipinski definition) is 1. The second-order valence-electron chi connectivity index (χ2n) is 4.39. The fourth-order valence-electron chi connectivity index (χ4n) is 2.16. The molecule has 2 heterocycles. The largest absolute Gasteiger partial charge is 0.361 e. The van der Waals surface area contributed by atoms with E-state index in [1.807, 2.05) is 13.8 Å². The molecule has 1 aliphatic heterocycles. The van der Waals surface area contributed by atoms with Crippen molar-refractivity contribution in [3.8, 4) is 0 Å².